The molecule has 3 aromatic rings. The van der Waals surface area contributed by atoms with Crippen molar-refractivity contribution in [3.05, 3.63) is 38.9 Å². The molecular formula is C56H85BrN10O15S. The van der Waals surface area contributed by atoms with Crippen molar-refractivity contribution in [3.63, 3.8) is 0 Å². The lowest BCUT2D eigenvalue weighted by molar-refractivity contribution is -0.142. The number of fused-ring (bicyclic) bond motifs is 1. The van der Waals surface area contributed by atoms with Crippen LogP contribution < -0.4 is 32.3 Å². The highest BCUT2D eigenvalue weighted by Crippen LogP contribution is 2.30. The fraction of sp³-hybridized carbons (Fsp3) is 0.661. The predicted molar refractivity (Wildman–Crippen MR) is 312 cm³/mol. The van der Waals surface area contributed by atoms with Crippen LogP contribution in [0.1, 0.15) is 143 Å². The number of halogens is 1. The summed E-state index contributed by atoms with van der Waals surface area (Å²) >= 11 is 4.67. The molecule has 3 aromatic heterocycles. The molecule has 27 heteroatoms. The van der Waals surface area contributed by atoms with Gasteiger partial charge in [0.2, 0.25) is 35.4 Å². The monoisotopic (exact) mass is 1250 g/mol. The first-order valence-corrected chi connectivity index (χ1v) is 30.4. The number of pyridine rings is 1. The molecule has 1 fully saturated rings. The first-order valence-electron chi connectivity index (χ1n) is 28.8. The molecule has 0 radical (unpaired) electrons. The largest absolute Gasteiger partial charge is 0.481 e. The highest BCUT2D eigenvalue weighted by atomic mass is 79.9. The maximum Gasteiger partial charge on any atom is 0.326 e. The second kappa shape index (κ2) is 39.4. The quantitative estimate of drug-likeness (QED) is 0.0275. The van der Waals surface area contributed by atoms with E-state index in [0.717, 1.165) is 55.4 Å². The summed E-state index contributed by atoms with van der Waals surface area (Å²) in [6.07, 6.45) is 15.5. The zero-order chi connectivity index (χ0) is 60.4. The SMILES string of the molecule is Cc1cc2c(s1)c(C(N)=O)nn2CC(=O)N1C[C@@H](CNC(=O)COCCOCCNC(=O)COCCOCCNC(=O)CC[C@H](NC(=O)CCCCCCCCCCCCCCCCC(=O)O)C(=O)O)C[C@H]1C(=O)Nc1nc(Br)ccc1C. The van der Waals surface area contributed by atoms with Gasteiger partial charge in [0, 0.05) is 50.3 Å². The molecule has 3 atom stereocenters. The molecule has 1 aliphatic rings. The van der Waals surface area contributed by atoms with Crippen molar-refractivity contribution in [1.29, 1.82) is 0 Å². The Balaban J connectivity index is 0.963. The van der Waals surface area contributed by atoms with Crippen molar-refractivity contribution in [1.82, 2.24) is 40.9 Å². The average Bonchev–Trinajstić information content (AvgIpc) is 4.36. The number of aromatic nitrogens is 3. The third-order valence-corrected chi connectivity index (χ3v) is 15.1. The molecule has 4 heterocycles. The van der Waals surface area contributed by atoms with Crippen LogP contribution in [0.3, 0.4) is 0 Å². The first-order chi connectivity index (χ1) is 39.9. The number of likely N-dealkylation sites (tertiary alicyclic amines) is 1. The van der Waals surface area contributed by atoms with Crippen molar-refractivity contribution in [2.24, 2.45) is 11.7 Å². The number of ether oxygens (including phenoxy) is 4. The number of rotatable bonds is 45. The fourth-order valence-corrected chi connectivity index (χ4v) is 10.5. The highest BCUT2D eigenvalue weighted by Gasteiger charge is 2.40. The first kappa shape index (κ1) is 69.4. The van der Waals surface area contributed by atoms with Gasteiger partial charge in [0.25, 0.3) is 5.91 Å². The number of hydrogen-bond acceptors (Lipinski definition) is 16. The van der Waals surface area contributed by atoms with Gasteiger partial charge < -0.3 is 66.4 Å². The molecule has 25 nitrogen and oxygen atoms in total. The van der Waals surface area contributed by atoms with Gasteiger partial charge in [-0.2, -0.15) is 5.10 Å². The van der Waals surface area contributed by atoms with Crippen LogP contribution in [0.2, 0.25) is 0 Å². The van der Waals surface area contributed by atoms with E-state index in [1.165, 1.54) is 59.4 Å². The second-order valence-electron chi connectivity index (χ2n) is 20.6. The Morgan fingerprint density at radius 2 is 1.27 bits per heavy atom. The van der Waals surface area contributed by atoms with Gasteiger partial charge in [-0.05, 0) is 79.1 Å². The van der Waals surface area contributed by atoms with E-state index in [1.54, 1.807) is 19.1 Å². The Morgan fingerprint density at radius 1 is 0.711 bits per heavy atom. The Kier molecular flexibility index (Phi) is 32.9. The van der Waals surface area contributed by atoms with Crippen molar-refractivity contribution in [3.8, 4) is 0 Å². The third-order valence-electron chi connectivity index (χ3n) is 13.7. The van der Waals surface area contributed by atoms with Gasteiger partial charge in [-0.25, -0.2) is 9.78 Å². The van der Waals surface area contributed by atoms with E-state index in [-0.39, 0.29) is 147 Å². The second-order valence-corrected chi connectivity index (χ2v) is 22.6. The zero-order valence-corrected chi connectivity index (χ0v) is 50.3. The van der Waals surface area contributed by atoms with E-state index in [4.69, 9.17) is 29.8 Å². The van der Waals surface area contributed by atoms with Crippen molar-refractivity contribution < 1.29 is 72.3 Å². The summed E-state index contributed by atoms with van der Waals surface area (Å²) in [4.78, 5) is 118. The van der Waals surface area contributed by atoms with E-state index >= 15 is 0 Å². The van der Waals surface area contributed by atoms with Crippen molar-refractivity contribution >= 4 is 96.6 Å². The molecule has 0 aliphatic carbocycles. The number of nitrogens with one attached hydrogen (secondary N) is 5. The number of carboxylic acid groups (broad SMARTS) is 2. The minimum atomic E-state index is -1.20. The molecule has 83 heavy (non-hydrogen) atoms. The Morgan fingerprint density at radius 3 is 1.84 bits per heavy atom. The lowest BCUT2D eigenvalue weighted by Crippen LogP contribution is -2.44. The lowest BCUT2D eigenvalue weighted by Gasteiger charge is -2.24. The van der Waals surface area contributed by atoms with Crippen LogP contribution in [-0.2, 0) is 63.8 Å². The number of nitrogens with two attached hydrogens (primary N) is 1. The maximum absolute atomic E-state index is 13.9. The van der Waals surface area contributed by atoms with Crippen LogP contribution in [-0.4, -0.2) is 174 Å². The highest BCUT2D eigenvalue weighted by molar-refractivity contribution is 9.10. The number of hydrogen-bond donors (Lipinski definition) is 8. The van der Waals surface area contributed by atoms with Crippen LogP contribution in [0.25, 0.3) is 10.2 Å². The number of nitrogens with zero attached hydrogens (tertiary/aromatic N) is 4. The molecular weight excluding hydrogens is 1160 g/mol. The van der Waals surface area contributed by atoms with Gasteiger partial charge in [-0.15, -0.1) is 11.3 Å². The minimum absolute atomic E-state index is 0.0495. The Hall–Kier alpha value is -6.13. The number of aliphatic carboxylic acids is 2. The summed E-state index contributed by atoms with van der Waals surface area (Å²) in [5.74, 6) is -4.93. The summed E-state index contributed by atoms with van der Waals surface area (Å²) in [6, 6.07) is 3.30. The summed E-state index contributed by atoms with van der Waals surface area (Å²) in [6.45, 7) is 4.55. The van der Waals surface area contributed by atoms with E-state index in [9.17, 15) is 48.3 Å². The van der Waals surface area contributed by atoms with Gasteiger partial charge >= 0.3 is 11.9 Å². The number of unbranched alkanes of at least 4 members (excludes halogenated alkanes) is 13. The normalized spacial score (nSPS) is 14.3. The molecule has 1 aliphatic heterocycles. The van der Waals surface area contributed by atoms with Crippen LogP contribution in [0, 0.1) is 19.8 Å². The van der Waals surface area contributed by atoms with E-state index in [0.29, 0.717) is 27.1 Å². The lowest BCUT2D eigenvalue weighted by atomic mass is 10.0. The van der Waals surface area contributed by atoms with Gasteiger partial charge in [0.15, 0.2) is 5.69 Å². The predicted octanol–water partition coefficient (Wildman–Crippen LogP) is 4.92. The Labute approximate surface area is 497 Å². The Bertz CT molecular complexity index is 2570. The topological polar surface area (TPSA) is 351 Å². The summed E-state index contributed by atoms with van der Waals surface area (Å²) in [7, 11) is 0. The molecule has 0 aromatic carbocycles. The van der Waals surface area contributed by atoms with Crippen molar-refractivity contribution in [2.45, 2.75) is 154 Å². The van der Waals surface area contributed by atoms with Crippen LogP contribution in [0.15, 0.2) is 22.8 Å². The van der Waals surface area contributed by atoms with E-state index in [2.05, 4.69) is 52.6 Å². The summed E-state index contributed by atoms with van der Waals surface area (Å²) < 4.78 is 24.2. The molecule has 0 bridgehead atoms. The average molecular weight is 1250 g/mol. The number of amides is 7. The third kappa shape index (κ3) is 27.9. The van der Waals surface area contributed by atoms with Crippen LogP contribution in [0.4, 0.5) is 5.82 Å². The number of anilines is 1. The molecule has 9 N–H and O–H groups in total. The smallest absolute Gasteiger partial charge is 0.326 e. The molecule has 0 saturated carbocycles. The molecule has 1 saturated heterocycles. The van der Waals surface area contributed by atoms with Crippen molar-refractivity contribution in [2.75, 3.05) is 84.4 Å². The summed E-state index contributed by atoms with van der Waals surface area (Å²) in [5.41, 5.74) is 6.95. The van der Waals surface area contributed by atoms with E-state index in [1.807, 2.05) is 13.0 Å². The molecule has 462 valence electrons. The molecule has 4 rings (SSSR count). The van der Waals surface area contributed by atoms with Gasteiger partial charge in [-0.3, -0.25) is 43.0 Å². The zero-order valence-electron chi connectivity index (χ0n) is 47.9. The van der Waals surface area contributed by atoms with E-state index < -0.39 is 47.7 Å². The van der Waals surface area contributed by atoms with Gasteiger partial charge in [-0.1, -0.05) is 83.1 Å². The maximum atomic E-state index is 13.9. The number of carbonyl (C=O) groups excluding carboxylic acids is 7. The van der Waals surface area contributed by atoms with Gasteiger partial charge in [0.1, 0.15) is 42.3 Å². The fourth-order valence-electron chi connectivity index (χ4n) is 9.24. The number of thiophene rings is 1. The number of primary amides is 1. The van der Waals surface area contributed by atoms with Gasteiger partial charge in [0.05, 0.1) is 49.9 Å². The molecule has 0 unspecified atom stereocenters. The minimum Gasteiger partial charge on any atom is -0.481 e. The molecule has 7 amide bonds. The van der Waals surface area contributed by atoms with Crippen LogP contribution >= 0.6 is 27.3 Å². The summed E-state index contributed by atoms with van der Waals surface area (Å²) in [5, 5.41) is 36.1. The number of carbonyl (C=O) groups is 9. The molecule has 0 spiro atoms. The standard InChI is InChI=1S/C56H85BrN10O15S/c1-38-19-21-44(57)63-54(38)64-55(76)43-32-40(34-66(43)49(72)35-67-42-31-39(2)83-52(42)51(65-67)53(58)75)33-61-48(71)37-82-30-28-80-26-24-60-47(70)36-81-29-27-79-25-23-59-45(68)22-20-41(56(77)78)62-46(69)17-15-13-11-9-7-5-3-4-6-8-10-12-14-16-18-50(73)74/h19,21,31,40-41,43H,3-18,20,22-30,32-37H2,1-2H3,(H2,58,75)(H,59,68)(H,60,70)(H,61,71)(H,62,69)(H,73,74)(H,77,78)(H,63,64,76)/t40-,41+,43+/m1/s1. The van der Waals surface area contributed by atoms with Crippen LogP contribution in [0.5, 0.6) is 0 Å². The number of carboxylic acids is 2. The number of aryl methyl sites for hydroxylation is 2.